The molecule has 1 aliphatic rings. The van der Waals surface area contributed by atoms with Crippen LogP contribution in [0.4, 0.5) is 0 Å². The van der Waals surface area contributed by atoms with E-state index in [1.54, 1.807) is 0 Å². The average molecular weight is 274 g/mol. The highest BCUT2D eigenvalue weighted by molar-refractivity contribution is 5.98. The molecule has 0 saturated carbocycles. The van der Waals surface area contributed by atoms with Crippen molar-refractivity contribution in [2.24, 2.45) is 0 Å². The van der Waals surface area contributed by atoms with Crippen LogP contribution in [0.3, 0.4) is 0 Å². The zero-order valence-corrected chi connectivity index (χ0v) is 12.4. The van der Waals surface area contributed by atoms with E-state index in [2.05, 4.69) is 68.5 Å². The molecule has 1 heterocycles. The second kappa shape index (κ2) is 4.63. The summed E-state index contributed by atoms with van der Waals surface area (Å²) in [5.74, 6) is 1.59. The number of benzene rings is 2. The molecule has 0 radical (unpaired) electrons. The van der Waals surface area contributed by atoms with Gasteiger partial charge in [-0.15, -0.1) is 0 Å². The molecule has 0 saturated heterocycles. The summed E-state index contributed by atoms with van der Waals surface area (Å²) in [6.07, 6.45) is 5.52. The first-order valence-corrected chi connectivity index (χ1v) is 7.53. The number of furan rings is 1. The predicted molar refractivity (Wildman–Crippen MR) is 88.5 cm³/mol. The summed E-state index contributed by atoms with van der Waals surface area (Å²) in [5.41, 5.74) is 5.96. The highest BCUT2D eigenvalue weighted by Gasteiger charge is 2.21. The lowest BCUT2D eigenvalue weighted by molar-refractivity contribution is 0.504. The Morgan fingerprint density at radius 1 is 1.05 bits per heavy atom. The van der Waals surface area contributed by atoms with Crippen molar-refractivity contribution in [1.82, 2.24) is 0 Å². The first-order valence-electron chi connectivity index (χ1n) is 7.53. The van der Waals surface area contributed by atoms with Crippen molar-refractivity contribution in [2.45, 2.75) is 26.2 Å². The summed E-state index contributed by atoms with van der Waals surface area (Å²) < 4.78 is 6.27. The SMILES string of the molecule is Cc1ccc(-c2cccc3c4c(oc23)C(C)CC=C4)cc1. The quantitative estimate of drug-likeness (QED) is 0.536. The van der Waals surface area contributed by atoms with E-state index >= 15 is 0 Å². The molecule has 0 bridgehead atoms. The standard InChI is InChI=1S/C20H18O/c1-13-9-11-15(12-10-13)16-6-4-8-18-17-7-3-5-14(2)19(17)21-20(16)18/h3-4,6-12,14H,5H2,1-2H3. The van der Waals surface area contributed by atoms with Gasteiger partial charge in [-0.05, 0) is 18.9 Å². The van der Waals surface area contributed by atoms with Gasteiger partial charge >= 0.3 is 0 Å². The van der Waals surface area contributed by atoms with Crippen molar-refractivity contribution in [1.29, 1.82) is 0 Å². The van der Waals surface area contributed by atoms with E-state index in [4.69, 9.17) is 4.42 Å². The van der Waals surface area contributed by atoms with Crippen molar-refractivity contribution < 1.29 is 4.42 Å². The van der Waals surface area contributed by atoms with Gasteiger partial charge in [0.05, 0.1) is 0 Å². The molecule has 0 amide bonds. The normalized spacial score (nSPS) is 17.1. The lowest BCUT2D eigenvalue weighted by Gasteiger charge is -2.10. The number of aryl methyl sites for hydroxylation is 1. The van der Waals surface area contributed by atoms with E-state index in [9.17, 15) is 0 Å². The third-order valence-electron chi connectivity index (χ3n) is 4.37. The maximum Gasteiger partial charge on any atom is 0.142 e. The number of hydrogen-bond acceptors (Lipinski definition) is 1. The summed E-state index contributed by atoms with van der Waals surface area (Å²) in [6, 6.07) is 15.1. The second-order valence-corrected chi connectivity index (χ2v) is 5.97. The van der Waals surface area contributed by atoms with Crippen LogP contribution in [0.1, 0.15) is 36.1 Å². The topological polar surface area (TPSA) is 13.1 Å². The molecule has 0 N–H and O–H groups in total. The Bertz CT molecular complexity index is 834. The highest BCUT2D eigenvalue weighted by Crippen LogP contribution is 2.40. The van der Waals surface area contributed by atoms with Crippen LogP contribution < -0.4 is 0 Å². The minimum absolute atomic E-state index is 0.461. The maximum atomic E-state index is 6.27. The monoisotopic (exact) mass is 274 g/mol. The minimum Gasteiger partial charge on any atom is -0.459 e. The molecule has 2 aromatic carbocycles. The average Bonchev–Trinajstić information content (AvgIpc) is 2.89. The lowest BCUT2D eigenvalue weighted by Crippen LogP contribution is -1.95. The van der Waals surface area contributed by atoms with E-state index in [0.717, 1.165) is 17.8 Å². The van der Waals surface area contributed by atoms with Crippen LogP contribution in [-0.4, -0.2) is 0 Å². The molecule has 1 unspecified atom stereocenters. The Balaban J connectivity index is 1.99. The Hall–Kier alpha value is -2.28. The molecule has 1 atom stereocenters. The first-order chi connectivity index (χ1) is 10.2. The summed E-state index contributed by atoms with van der Waals surface area (Å²) in [5, 5.41) is 1.23. The van der Waals surface area contributed by atoms with E-state index in [1.807, 2.05) is 0 Å². The van der Waals surface area contributed by atoms with Crippen LogP contribution in [0.5, 0.6) is 0 Å². The van der Waals surface area contributed by atoms with Crippen LogP contribution in [0.15, 0.2) is 53.0 Å². The summed E-state index contributed by atoms with van der Waals surface area (Å²) >= 11 is 0. The van der Waals surface area contributed by atoms with Crippen molar-refractivity contribution in [3.63, 3.8) is 0 Å². The van der Waals surface area contributed by atoms with Crippen LogP contribution in [0.25, 0.3) is 28.2 Å². The molecule has 0 spiro atoms. The van der Waals surface area contributed by atoms with Gasteiger partial charge in [-0.2, -0.15) is 0 Å². The first kappa shape index (κ1) is 12.5. The molecule has 1 aromatic heterocycles. The molecule has 1 aliphatic carbocycles. The highest BCUT2D eigenvalue weighted by atomic mass is 16.3. The molecule has 4 rings (SSSR count). The van der Waals surface area contributed by atoms with Crippen LogP contribution >= 0.6 is 0 Å². The molecule has 0 aliphatic heterocycles. The minimum atomic E-state index is 0.461. The third kappa shape index (κ3) is 1.92. The number of rotatable bonds is 1. The van der Waals surface area contributed by atoms with Crippen molar-refractivity contribution in [3.05, 3.63) is 65.4 Å². The van der Waals surface area contributed by atoms with E-state index < -0.39 is 0 Å². The lowest BCUT2D eigenvalue weighted by atomic mass is 9.93. The van der Waals surface area contributed by atoms with Gasteiger partial charge in [0.15, 0.2) is 0 Å². The molecule has 0 fully saturated rings. The van der Waals surface area contributed by atoms with Crippen molar-refractivity contribution in [2.75, 3.05) is 0 Å². The van der Waals surface area contributed by atoms with Gasteiger partial charge in [0, 0.05) is 22.4 Å². The Morgan fingerprint density at radius 2 is 1.86 bits per heavy atom. The fourth-order valence-corrected chi connectivity index (χ4v) is 3.15. The Morgan fingerprint density at radius 3 is 2.67 bits per heavy atom. The van der Waals surface area contributed by atoms with Crippen LogP contribution in [0, 0.1) is 6.92 Å². The number of hydrogen-bond donors (Lipinski definition) is 0. The van der Waals surface area contributed by atoms with Crippen molar-refractivity contribution >= 4 is 17.0 Å². The largest absolute Gasteiger partial charge is 0.459 e. The van der Waals surface area contributed by atoms with Gasteiger partial charge in [-0.1, -0.05) is 67.1 Å². The zero-order chi connectivity index (χ0) is 14.4. The molecule has 1 heteroatoms. The summed E-state index contributed by atoms with van der Waals surface area (Å²) in [6.45, 7) is 4.35. The number of para-hydroxylation sites is 1. The molecular weight excluding hydrogens is 256 g/mol. The van der Waals surface area contributed by atoms with Gasteiger partial charge in [-0.3, -0.25) is 0 Å². The number of allylic oxidation sites excluding steroid dienone is 1. The number of fused-ring (bicyclic) bond motifs is 3. The second-order valence-electron chi connectivity index (χ2n) is 5.97. The van der Waals surface area contributed by atoms with Crippen LogP contribution in [-0.2, 0) is 0 Å². The Labute approximate surface area is 124 Å². The van der Waals surface area contributed by atoms with Gasteiger partial charge in [0.25, 0.3) is 0 Å². The maximum absolute atomic E-state index is 6.27. The van der Waals surface area contributed by atoms with E-state index in [-0.39, 0.29) is 0 Å². The summed E-state index contributed by atoms with van der Waals surface area (Å²) in [7, 11) is 0. The smallest absolute Gasteiger partial charge is 0.142 e. The van der Waals surface area contributed by atoms with E-state index in [1.165, 1.54) is 27.6 Å². The summed E-state index contributed by atoms with van der Waals surface area (Å²) in [4.78, 5) is 0. The zero-order valence-electron chi connectivity index (χ0n) is 12.4. The van der Waals surface area contributed by atoms with Gasteiger partial charge in [0.1, 0.15) is 11.3 Å². The van der Waals surface area contributed by atoms with E-state index in [0.29, 0.717) is 5.92 Å². The molecule has 21 heavy (non-hydrogen) atoms. The van der Waals surface area contributed by atoms with Gasteiger partial charge < -0.3 is 4.42 Å². The molecular formula is C20H18O. The van der Waals surface area contributed by atoms with Crippen molar-refractivity contribution in [3.8, 4) is 11.1 Å². The van der Waals surface area contributed by atoms with Gasteiger partial charge in [-0.25, -0.2) is 0 Å². The fraction of sp³-hybridized carbons (Fsp3) is 0.200. The fourth-order valence-electron chi connectivity index (χ4n) is 3.15. The van der Waals surface area contributed by atoms with Crippen LogP contribution in [0.2, 0.25) is 0 Å². The molecule has 1 nitrogen and oxygen atoms in total. The molecule has 104 valence electrons. The molecule has 3 aromatic rings. The predicted octanol–water partition coefficient (Wildman–Crippen LogP) is 5.93. The Kier molecular flexibility index (Phi) is 2.75. The van der Waals surface area contributed by atoms with Gasteiger partial charge in [0.2, 0.25) is 0 Å². The third-order valence-corrected chi connectivity index (χ3v) is 4.37.